The van der Waals surface area contributed by atoms with Gasteiger partial charge in [-0.3, -0.25) is 4.79 Å². The van der Waals surface area contributed by atoms with Crippen LogP contribution in [0.15, 0.2) is 48.5 Å². The van der Waals surface area contributed by atoms with Crippen molar-refractivity contribution in [3.8, 4) is 11.1 Å². The van der Waals surface area contributed by atoms with Crippen molar-refractivity contribution in [3.63, 3.8) is 0 Å². The normalized spacial score (nSPS) is 15.9. The van der Waals surface area contributed by atoms with Gasteiger partial charge in [0.25, 0.3) is 0 Å². The fourth-order valence-electron chi connectivity index (χ4n) is 3.36. The van der Waals surface area contributed by atoms with Gasteiger partial charge in [-0.25, -0.2) is 0 Å². The second-order valence-electron chi connectivity index (χ2n) is 5.70. The van der Waals surface area contributed by atoms with E-state index in [0.29, 0.717) is 6.42 Å². The van der Waals surface area contributed by atoms with Crippen LogP contribution in [0.4, 0.5) is 0 Å². The molecule has 22 heavy (non-hydrogen) atoms. The highest BCUT2D eigenvalue weighted by Gasteiger charge is 2.47. The van der Waals surface area contributed by atoms with Crippen molar-refractivity contribution in [2.45, 2.75) is 17.9 Å². The van der Waals surface area contributed by atoms with Gasteiger partial charge in [0, 0.05) is 5.92 Å². The molecule has 4 heteroatoms. The van der Waals surface area contributed by atoms with Crippen molar-refractivity contribution in [3.05, 3.63) is 59.7 Å². The van der Waals surface area contributed by atoms with E-state index in [4.69, 9.17) is 5.73 Å². The molecule has 0 radical (unpaired) electrons. The van der Waals surface area contributed by atoms with E-state index in [-0.39, 0.29) is 5.92 Å². The smallest absolute Gasteiger partial charge is 0.324 e. The number of fused-ring (bicyclic) bond motifs is 3. The van der Waals surface area contributed by atoms with Crippen molar-refractivity contribution in [1.29, 1.82) is 0 Å². The van der Waals surface area contributed by atoms with Crippen LogP contribution in [-0.4, -0.2) is 28.6 Å². The SMILES string of the molecule is CSCCC(N)(C(=O)O)C1c2ccccc2-c2ccccc21. The third-order valence-electron chi connectivity index (χ3n) is 4.47. The molecule has 3 nitrogen and oxygen atoms in total. The lowest BCUT2D eigenvalue weighted by atomic mass is 9.76. The first kappa shape index (κ1) is 15.1. The number of carbonyl (C=O) groups is 1. The monoisotopic (exact) mass is 313 g/mol. The van der Waals surface area contributed by atoms with E-state index < -0.39 is 11.5 Å². The summed E-state index contributed by atoms with van der Waals surface area (Å²) >= 11 is 1.62. The van der Waals surface area contributed by atoms with Crippen LogP contribution in [-0.2, 0) is 4.79 Å². The van der Waals surface area contributed by atoms with Crippen LogP contribution in [0, 0.1) is 0 Å². The summed E-state index contributed by atoms with van der Waals surface area (Å²) in [5.74, 6) is -0.508. The zero-order valence-corrected chi connectivity index (χ0v) is 13.3. The summed E-state index contributed by atoms with van der Waals surface area (Å²) in [5.41, 5.74) is 9.41. The predicted octanol–water partition coefficient (Wildman–Crippen LogP) is 3.33. The number of thioether (sulfide) groups is 1. The molecule has 2 aromatic rings. The maximum Gasteiger partial charge on any atom is 0.324 e. The molecule has 1 unspecified atom stereocenters. The van der Waals surface area contributed by atoms with Crippen molar-refractivity contribution >= 4 is 17.7 Å². The van der Waals surface area contributed by atoms with E-state index >= 15 is 0 Å². The van der Waals surface area contributed by atoms with E-state index in [1.54, 1.807) is 11.8 Å². The minimum Gasteiger partial charge on any atom is -0.480 e. The van der Waals surface area contributed by atoms with Gasteiger partial charge in [-0.05, 0) is 40.7 Å². The summed E-state index contributed by atoms with van der Waals surface area (Å²) in [4.78, 5) is 12.0. The molecule has 0 aliphatic heterocycles. The van der Waals surface area contributed by atoms with Gasteiger partial charge >= 0.3 is 5.97 Å². The van der Waals surface area contributed by atoms with Crippen LogP contribution < -0.4 is 5.73 Å². The van der Waals surface area contributed by atoms with E-state index in [0.717, 1.165) is 28.0 Å². The molecule has 0 bridgehead atoms. The van der Waals surface area contributed by atoms with Gasteiger partial charge in [0.15, 0.2) is 0 Å². The van der Waals surface area contributed by atoms with Gasteiger partial charge in [0.2, 0.25) is 0 Å². The van der Waals surface area contributed by atoms with Crippen LogP contribution in [0.2, 0.25) is 0 Å². The summed E-state index contributed by atoms with van der Waals surface area (Å²) in [5, 5.41) is 9.84. The number of nitrogens with two attached hydrogens (primary N) is 1. The zero-order valence-electron chi connectivity index (χ0n) is 12.5. The lowest BCUT2D eigenvalue weighted by Crippen LogP contribution is -2.53. The van der Waals surface area contributed by atoms with Gasteiger partial charge < -0.3 is 10.8 Å². The molecule has 1 aliphatic rings. The number of benzene rings is 2. The molecule has 0 amide bonds. The van der Waals surface area contributed by atoms with E-state index in [9.17, 15) is 9.90 Å². The Morgan fingerprint density at radius 3 is 2.09 bits per heavy atom. The first-order valence-corrected chi connectivity index (χ1v) is 8.68. The highest BCUT2D eigenvalue weighted by molar-refractivity contribution is 7.98. The zero-order chi connectivity index (χ0) is 15.7. The highest BCUT2D eigenvalue weighted by atomic mass is 32.2. The molecule has 0 saturated carbocycles. The summed E-state index contributed by atoms with van der Waals surface area (Å²) in [6.07, 6.45) is 2.41. The molecule has 0 heterocycles. The molecule has 3 N–H and O–H groups in total. The van der Waals surface area contributed by atoms with Gasteiger partial charge in [-0.2, -0.15) is 11.8 Å². The average Bonchev–Trinajstić information content (AvgIpc) is 2.87. The Balaban J connectivity index is 2.19. The largest absolute Gasteiger partial charge is 0.480 e. The number of carboxylic acid groups (broad SMARTS) is 1. The van der Waals surface area contributed by atoms with Gasteiger partial charge in [0.05, 0.1) is 0 Å². The van der Waals surface area contributed by atoms with Crippen LogP contribution in [0.25, 0.3) is 11.1 Å². The minimum atomic E-state index is -1.29. The molecular formula is C18H19NO2S. The molecule has 114 valence electrons. The van der Waals surface area contributed by atoms with Crippen molar-refractivity contribution < 1.29 is 9.90 Å². The second kappa shape index (κ2) is 5.78. The Morgan fingerprint density at radius 1 is 1.14 bits per heavy atom. The number of hydrogen-bond donors (Lipinski definition) is 2. The number of rotatable bonds is 5. The van der Waals surface area contributed by atoms with Crippen LogP contribution in [0.1, 0.15) is 23.5 Å². The third kappa shape index (κ3) is 2.23. The molecule has 3 rings (SSSR count). The molecule has 0 saturated heterocycles. The minimum absolute atomic E-state index is 0.301. The Labute approximate surface area is 134 Å². The number of carboxylic acids is 1. The molecule has 2 aromatic carbocycles. The third-order valence-corrected chi connectivity index (χ3v) is 5.08. The second-order valence-corrected chi connectivity index (χ2v) is 6.68. The molecule has 0 aromatic heterocycles. The van der Waals surface area contributed by atoms with E-state index in [1.165, 1.54) is 0 Å². The fraction of sp³-hybridized carbons (Fsp3) is 0.278. The summed E-state index contributed by atoms with van der Waals surface area (Å²) < 4.78 is 0. The topological polar surface area (TPSA) is 63.3 Å². The Kier molecular flexibility index (Phi) is 3.98. The first-order chi connectivity index (χ1) is 10.6. The molecule has 1 aliphatic carbocycles. The standard InChI is InChI=1S/C18H19NO2S/c1-22-11-10-18(19,17(20)21)16-14-8-4-2-6-12(14)13-7-3-5-9-15(13)16/h2-9,16H,10-11,19H2,1H3,(H,20,21). The van der Waals surface area contributed by atoms with Gasteiger partial charge in [0.1, 0.15) is 5.54 Å². The van der Waals surface area contributed by atoms with Crippen molar-refractivity contribution in [2.75, 3.05) is 12.0 Å². The number of aliphatic carboxylic acids is 1. The van der Waals surface area contributed by atoms with Crippen LogP contribution >= 0.6 is 11.8 Å². The summed E-state index contributed by atoms with van der Waals surface area (Å²) in [7, 11) is 0. The maximum absolute atomic E-state index is 12.0. The van der Waals surface area contributed by atoms with Gasteiger partial charge in [-0.15, -0.1) is 0 Å². The maximum atomic E-state index is 12.0. The van der Waals surface area contributed by atoms with Crippen LogP contribution in [0.3, 0.4) is 0 Å². The number of hydrogen-bond acceptors (Lipinski definition) is 3. The van der Waals surface area contributed by atoms with E-state index in [1.807, 2.05) is 54.8 Å². The van der Waals surface area contributed by atoms with Crippen molar-refractivity contribution in [2.24, 2.45) is 5.73 Å². The molecule has 1 atom stereocenters. The summed E-state index contributed by atoms with van der Waals surface area (Å²) in [6, 6.07) is 16.0. The fourth-order valence-corrected chi connectivity index (χ4v) is 3.90. The lowest BCUT2D eigenvalue weighted by Gasteiger charge is -2.32. The molecule has 0 spiro atoms. The summed E-state index contributed by atoms with van der Waals surface area (Å²) in [6.45, 7) is 0. The Hall–Kier alpha value is -1.78. The lowest BCUT2D eigenvalue weighted by molar-refractivity contribution is -0.144. The van der Waals surface area contributed by atoms with Crippen LogP contribution in [0.5, 0.6) is 0 Å². The molecular weight excluding hydrogens is 294 g/mol. The Morgan fingerprint density at radius 2 is 1.64 bits per heavy atom. The highest BCUT2D eigenvalue weighted by Crippen LogP contribution is 2.49. The average molecular weight is 313 g/mol. The van der Waals surface area contributed by atoms with Crippen molar-refractivity contribution in [1.82, 2.24) is 0 Å². The Bertz CT molecular complexity index is 670. The molecule has 0 fully saturated rings. The first-order valence-electron chi connectivity index (χ1n) is 7.29. The van der Waals surface area contributed by atoms with Gasteiger partial charge in [-0.1, -0.05) is 48.5 Å². The van der Waals surface area contributed by atoms with E-state index in [2.05, 4.69) is 0 Å². The quantitative estimate of drug-likeness (QED) is 0.888. The predicted molar refractivity (Wildman–Crippen MR) is 91.3 cm³/mol.